The van der Waals surface area contributed by atoms with Crippen LogP contribution in [0.4, 0.5) is 13.2 Å². The molecule has 3 rings (SSSR count). The summed E-state index contributed by atoms with van der Waals surface area (Å²) in [6.45, 7) is 3.32. The molecule has 1 atom stereocenters. The van der Waals surface area contributed by atoms with Gasteiger partial charge in [0.2, 0.25) is 0 Å². The first kappa shape index (κ1) is 18.4. The van der Waals surface area contributed by atoms with Crippen molar-refractivity contribution in [3.8, 4) is 0 Å². The molecule has 1 fully saturated rings. The van der Waals surface area contributed by atoms with Crippen molar-refractivity contribution in [2.45, 2.75) is 38.7 Å². The molecule has 8 nitrogen and oxygen atoms in total. The summed E-state index contributed by atoms with van der Waals surface area (Å²) in [4.78, 5) is 18.4. The van der Waals surface area contributed by atoms with Crippen LogP contribution in [0.25, 0.3) is 0 Å². The maximum Gasteiger partial charge on any atom is 0.408 e. The van der Waals surface area contributed by atoms with Gasteiger partial charge in [-0.2, -0.15) is 23.4 Å². The Balaban J connectivity index is 1.84. The van der Waals surface area contributed by atoms with Crippen LogP contribution in [0.5, 0.6) is 0 Å². The second kappa shape index (κ2) is 7.06. The first-order valence-corrected chi connectivity index (χ1v) is 8.14. The fraction of sp³-hybridized carbons (Fsp3) is 0.600. The Morgan fingerprint density at radius 3 is 2.88 bits per heavy atom. The summed E-state index contributed by atoms with van der Waals surface area (Å²) in [7, 11) is 0. The number of alkyl halides is 3. The zero-order valence-corrected chi connectivity index (χ0v) is 14.3. The number of ether oxygens (including phenoxy) is 1. The lowest BCUT2D eigenvalue weighted by atomic mass is 10.2. The molecule has 0 N–H and O–H groups in total. The van der Waals surface area contributed by atoms with Crippen LogP contribution >= 0.6 is 0 Å². The van der Waals surface area contributed by atoms with Crippen LogP contribution in [0.1, 0.15) is 42.2 Å². The zero-order chi connectivity index (χ0) is 18.9. The highest BCUT2D eigenvalue weighted by atomic mass is 19.4. The number of hydrogen-bond donors (Lipinski definition) is 0. The summed E-state index contributed by atoms with van der Waals surface area (Å²) < 4.78 is 45.3. The molecule has 0 aromatic carbocycles. The minimum absolute atomic E-state index is 0.00689. The van der Waals surface area contributed by atoms with E-state index in [1.165, 1.54) is 4.90 Å². The smallest absolute Gasteiger partial charge is 0.377 e. The van der Waals surface area contributed by atoms with E-state index in [0.717, 1.165) is 6.33 Å². The third kappa shape index (κ3) is 3.87. The van der Waals surface area contributed by atoms with E-state index in [9.17, 15) is 18.0 Å². The van der Waals surface area contributed by atoms with Gasteiger partial charge in [0.05, 0.1) is 13.2 Å². The van der Waals surface area contributed by atoms with Crippen LogP contribution in [0.3, 0.4) is 0 Å². The molecule has 142 valence electrons. The maximum atomic E-state index is 13.0. The number of carbonyl (C=O) groups is 1. The van der Waals surface area contributed by atoms with E-state index in [-0.39, 0.29) is 24.4 Å². The van der Waals surface area contributed by atoms with Crippen LogP contribution in [-0.2, 0) is 11.3 Å². The standard InChI is InChI=1S/C15H19F3N6O2/c1-10(2)24-11(3-4-20-24)14(25)23-5-6-26-7-12(23)13-19-9-22(21-13)8-15(16,17)18/h3-4,9-10,12H,5-8H2,1-2H3/t12-/m0/s1. The van der Waals surface area contributed by atoms with Crippen LogP contribution < -0.4 is 0 Å². The van der Waals surface area contributed by atoms with E-state index < -0.39 is 18.8 Å². The molecule has 11 heteroatoms. The number of morpholine rings is 1. The first-order chi connectivity index (χ1) is 12.3. The zero-order valence-electron chi connectivity index (χ0n) is 14.3. The number of carbonyl (C=O) groups excluding carboxylic acids is 1. The van der Waals surface area contributed by atoms with Crippen LogP contribution in [-0.4, -0.2) is 61.3 Å². The topological polar surface area (TPSA) is 78.1 Å². The van der Waals surface area contributed by atoms with Gasteiger partial charge in [-0.25, -0.2) is 9.67 Å². The minimum atomic E-state index is -4.40. The average molecular weight is 372 g/mol. The summed E-state index contributed by atoms with van der Waals surface area (Å²) in [5.74, 6) is -0.158. The molecule has 1 saturated heterocycles. The van der Waals surface area contributed by atoms with Gasteiger partial charge in [0, 0.05) is 18.8 Å². The van der Waals surface area contributed by atoms with E-state index in [4.69, 9.17) is 4.74 Å². The summed E-state index contributed by atoms with van der Waals surface area (Å²) in [6, 6.07) is 0.957. The second-order valence-corrected chi connectivity index (χ2v) is 6.26. The Morgan fingerprint density at radius 2 is 2.19 bits per heavy atom. The number of halogens is 3. The average Bonchev–Trinajstić information content (AvgIpc) is 3.22. The molecule has 2 aromatic heterocycles. The van der Waals surface area contributed by atoms with Crippen molar-refractivity contribution in [3.63, 3.8) is 0 Å². The van der Waals surface area contributed by atoms with Gasteiger partial charge in [0.1, 0.15) is 24.6 Å². The number of amides is 1. The van der Waals surface area contributed by atoms with E-state index in [0.29, 0.717) is 23.5 Å². The lowest BCUT2D eigenvalue weighted by Gasteiger charge is -2.34. The second-order valence-electron chi connectivity index (χ2n) is 6.26. The summed E-state index contributed by atoms with van der Waals surface area (Å²) in [5, 5.41) is 8.03. The predicted octanol–water partition coefficient (Wildman–Crippen LogP) is 1.83. The van der Waals surface area contributed by atoms with Gasteiger partial charge in [-0.3, -0.25) is 9.48 Å². The Bertz CT molecular complexity index is 770. The Morgan fingerprint density at radius 1 is 1.42 bits per heavy atom. The molecule has 1 aliphatic rings. The van der Waals surface area contributed by atoms with Crippen molar-refractivity contribution in [1.82, 2.24) is 29.4 Å². The van der Waals surface area contributed by atoms with Gasteiger partial charge in [-0.15, -0.1) is 0 Å². The summed E-state index contributed by atoms with van der Waals surface area (Å²) in [5.41, 5.74) is 0.404. The Kier molecular flexibility index (Phi) is 4.99. The monoisotopic (exact) mass is 372 g/mol. The van der Waals surface area contributed by atoms with Crippen molar-refractivity contribution in [1.29, 1.82) is 0 Å². The van der Waals surface area contributed by atoms with Crippen molar-refractivity contribution >= 4 is 5.91 Å². The molecular formula is C15H19F3N6O2. The van der Waals surface area contributed by atoms with E-state index in [2.05, 4.69) is 15.2 Å². The molecular weight excluding hydrogens is 353 g/mol. The van der Waals surface area contributed by atoms with Crippen LogP contribution in [0, 0.1) is 0 Å². The number of aromatic nitrogens is 5. The third-order valence-corrected chi connectivity index (χ3v) is 3.96. The quantitative estimate of drug-likeness (QED) is 0.818. The fourth-order valence-corrected chi connectivity index (χ4v) is 2.82. The van der Waals surface area contributed by atoms with Gasteiger partial charge in [0.25, 0.3) is 5.91 Å². The minimum Gasteiger partial charge on any atom is -0.377 e. The largest absolute Gasteiger partial charge is 0.408 e. The number of nitrogens with zero attached hydrogens (tertiary/aromatic N) is 6. The van der Waals surface area contributed by atoms with Crippen molar-refractivity contribution in [2.75, 3.05) is 19.8 Å². The number of rotatable bonds is 4. The lowest BCUT2D eigenvalue weighted by Crippen LogP contribution is -2.44. The van der Waals surface area contributed by atoms with Crippen molar-refractivity contribution < 1.29 is 22.7 Å². The van der Waals surface area contributed by atoms with Gasteiger partial charge >= 0.3 is 6.18 Å². The molecule has 0 saturated carbocycles. The van der Waals surface area contributed by atoms with E-state index in [1.807, 2.05) is 13.8 Å². The molecule has 0 spiro atoms. The molecule has 2 aromatic rings. The van der Waals surface area contributed by atoms with Crippen LogP contribution in [0.15, 0.2) is 18.6 Å². The first-order valence-electron chi connectivity index (χ1n) is 8.14. The van der Waals surface area contributed by atoms with Gasteiger partial charge < -0.3 is 9.64 Å². The lowest BCUT2D eigenvalue weighted by molar-refractivity contribution is -0.142. The molecule has 26 heavy (non-hydrogen) atoms. The highest BCUT2D eigenvalue weighted by Gasteiger charge is 2.35. The van der Waals surface area contributed by atoms with E-state index in [1.54, 1.807) is 16.9 Å². The Hall–Kier alpha value is -2.43. The normalized spacial score (nSPS) is 18.5. The molecule has 3 heterocycles. The van der Waals surface area contributed by atoms with E-state index >= 15 is 0 Å². The molecule has 0 bridgehead atoms. The maximum absolute atomic E-state index is 13.0. The van der Waals surface area contributed by atoms with Crippen LogP contribution in [0.2, 0.25) is 0 Å². The molecule has 0 radical (unpaired) electrons. The fourth-order valence-electron chi connectivity index (χ4n) is 2.82. The number of hydrogen-bond acceptors (Lipinski definition) is 5. The molecule has 0 unspecified atom stereocenters. The van der Waals surface area contributed by atoms with Crippen molar-refractivity contribution in [2.24, 2.45) is 0 Å². The summed E-state index contributed by atoms with van der Waals surface area (Å²) >= 11 is 0. The molecule has 0 aliphatic carbocycles. The van der Waals surface area contributed by atoms with Gasteiger partial charge in [-0.1, -0.05) is 0 Å². The highest BCUT2D eigenvalue weighted by molar-refractivity contribution is 5.93. The summed E-state index contributed by atoms with van der Waals surface area (Å²) in [6.07, 6.45) is -1.84. The third-order valence-electron chi connectivity index (χ3n) is 3.96. The highest BCUT2D eigenvalue weighted by Crippen LogP contribution is 2.25. The molecule has 1 amide bonds. The molecule has 1 aliphatic heterocycles. The van der Waals surface area contributed by atoms with Gasteiger partial charge in [0.15, 0.2) is 5.82 Å². The van der Waals surface area contributed by atoms with Gasteiger partial charge in [-0.05, 0) is 19.9 Å². The SMILES string of the molecule is CC(C)n1nccc1C(=O)N1CCOC[C@H]1c1ncn(CC(F)(F)F)n1. The van der Waals surface area contributed by atoms with Crippen molar-refractivity contribution in [3.05, 3.63) is 30.1 Å². The Labute approximate surface area is 147 Å². The predicted molar refractivity (Wildman–Crippen MR) is 83.3 cm³/mol.